The third kappa shape index (κ3) is 4.07. The van der Waals surface area contributed by atoms with Crippen LogP contribution in [0.4, 0.5) is 22.7 Å². The number of imide groups is 1. The molecule has 2 amide bonds. The fraction of sp³-hybridized carbons (Fsp3) is 0.167. The van der Waals surface area contributed by atoms with Crippen molar-refractivity contribution in [2.45, 2.75) is 12.1 Å². The van der Waals surface area contributed by atoms with Crippen molar-refractivity contribution in [3.8, 4) is 5.75 Å². The quantitative estimate of drug-likeness (QED) is 0.241. The number of fused-ring (bicyclic) bond motifs is 1. The predicted octanol–water partition coefficient (Wildman–Crippen LogP) is 4.33. The standard InChI is InChI=1S/C24H17BrN4O8/c1-36-19-10-5-13(11-18(19)25)21-20-22(37-27(21)16-3-2-4-17(12-16)29(34)35)24(31)26(23(20)30)14-6-8-15(9-7-14)28(32)33/h2-12,20-22H,1H3/t20-,21+,22-/m0/s1. The molecule has 0 aliphatic carbocycles. The Bertz CT molecular complexity index is 1450. The van der Waals surface area contributed by atoms with Gasteiger partial charge in [0.1, 0.15) is 11.7 Å². The Labute approximate surface area is 217 Å². The molecule has 0 radical (unpaired) electrons. The van der Waals surface area contributed by atoms with Crippen LogP contribution in [0.2, 0.25) is 0 Å². The molecule has 3 aromatic carbocycles. The van der Waals surface area contributed by atoms with Gasteiger partial charge in [-0.15, -0.1) is 0 Å². The second-order valence-corrected chi connectivity index (χ2v) is 9.13. The number of nitro groups is 2. The molecule has 37 heavy (non-hydrogen) atoms. The van der Waals surface area contributed by atoms with Crippen LogP contribution in [-0.2, 0) is 14.4 Å². The van der Waals surface area contributed by atoms with E-state index >= 15 is 0 Å². The lowest BCUT2D eigenvalue weighted by Gasteiger charge is -2.29. The highest BCUT2D eigenvalue weighted by Crippen LogP contribution is 2.48. The summed E-state index contributed by atoms with van der Waals surface area (Å²) in [6.07, 6.45) is -1.21. The molecule has 3 aromatic rings. The number of hydrogen-bond donors (Lipinski definition) is 0. The third-order valence-corrected chi connectivity index (χ3v) is 6.87. The summed E-state index contributed by atoms with van der Waals surface area (Å²) in [5, 5.41) is 23.7. The maximum atomic E-state index is 13.7. The van der Waals surface area contributed by atoms with Crippen molar-refractivity contribution in [1.29, 1.82) is 0 Å². The normalized spacial score (nSPS) is 20.8. The molecule has 2 heterocycles. The van der Waals surface area contributed by atoms with Gasteiger partial charge in [-0.2, -0.15) is 0 Å². The van der Waals surface area contributed by atoms with Crippen molar-refractivity contribution in [2.24, 2.45) is 5.92 Å². The highest BCUT2D eigenvalue weighted by molar-refractivity contribution is 9.10. The molecule has 0 bridgehead atoms. The molecule has 188 valence electrons. The van der Waals surface area contributed by atoms with Crippen LogP contribution in [0.5, 0.6) is 5.75 Å². The zero-order valence-electron chi connectivity index (χ0n) is 19.0. The van der Waals surface area contributed by atoms with Crippen LogP contribution >= 0.6 is 15.9 Å². The van der Waals surface area contributed by atoms with Gasteiger partial charge in [0, 0.05) is 24.3 Å². The highest BCUT2D eigenvalue weighted by atomic mass is 79.9. The fourth-order valence-corrected chi connectivity index (χ4v) is 5.12. The molecule has 0 spiro atoms. The molecule has 12 nitrogen and oxygen atoms in total. The van der Waals surface area contributed by atoms with E-state index in [1.807, 2.05) is 0 Å². The highest BCUT2D eigenvalue weighted by Gasteiger charge is 2.60. The lowest BCUT2D eigenvalue weighted by Crippen LogP contribution is -2.37. The number of carbonyl (C=O) groups excluding carboxylic acids is 2. The first kappa shape index (κ1) is 24.3. The van der Waals surface area contributed by atoms with Crippen molar-refractivity contribution >= 4 is 50.5 Å². The third-order valence-electron chi connectivity index (χ3n) is 6.25. The lowest BCUT2D eigenvalue weighted by atomic mass is 9.90. The van der Waals surface area contributed by atoms with Gasteiger partial charge in [-0.25, -0.2) is 9.96 Å². The van der Waals surface area contributed by atoms with Crippen LogP contribution in [0.3, 0.4) is 0 Å². The molecule has 5 rings (SSSR count). The minimum Gasteiger partial charge on any atom is -0.496 e. The minimum atomic E-state index is -1.21. The van der Waals surface area contributed by atoms with Crippen LogP contribution in [0.25, 0.3) is 0 Å². The SMILES string of the molecule is COc1ccc([C@@H]2[C@@H]3C(=O)N(c4ccc([N+](=O)[O-])cc4)C(=O)[C@H]3ON2c2cccc([N+](=O)[O-])c2)cc1Br. The number of benzene rings is 3. The number of amides is 2. The Morgan fingerprint density at radius 3 is 2.22 bits per heavy atom. The molecule has 0 saturated carbocycles. The Kier molecular flexibility index (Phi) is 6.09. The molecule has 0 N–H and O–H groups in total. The number of nitro benzene ring substituents is 2. The monoisotopic (exact) mass is 568 g/mol. The van der Waals surface area contributed by atoms with E-state index in [0.29, 0.717) is 21.5 Å². The molecule has 13 heteroatoms. The van der Waals surface area contributed by atoms with Crippen LogP contribution in [-0.4, -0.2) is 34.9 Å². The summed E-state index contributed by atoms with van der Waals surface area (Å²) in [6, 6.07) is 15.1. The number of hydrogen-bond acceptors (Lipinski definition) is 9. The molecule has 2 aliphatic rings. The molecule has 2 fully saturated rings. The number of carbonyl (C=O) groups is 2. The van der Waals surface area contributed by atoms with Gasteiger partial charge < -0.3 is 4.74 Å². The summed E-state index contributed by atoms with van der Waals surface area (Å²) < 4.78 is 5.89. The minimum absolute atomic E-state index is 0.176. The Morgan fingerprint density at radius 2 is 1.59 bits per heavy atom. The van der Waals surface area contributed by atoms with Gasteiger partial charge in [0.25, 0.3) is 17.3 Å². The Balaban J connectivity index is 1.58. The maximum absolute atomic E-state index is 13.7. The molecule has 2 aliphatic heterocycles. The summed E-state index contributed by atoms with van der Waals surface area (Å²) in [7, 11) is 1.51. The number of halogens is 1. The first-order chi connectivity index (χ1) is 17.7. The van der Waals surface area contributed by atoms with E-state index in [-0.39, 0.29) is 17.1 Å². The number of rotatable bonds is 6. The number of methoxy groups -OCH3 is 1. The van der Waals surface area contributed by atoms with Crippen LogP contribution in [0.1, 0.15) is 11.6 Å². The topological polar surface area (TPSA) is 145 Å². The summed E-state index contributed by atoms with van der Waals surface area (Å²) in [4.78, 5) is 55.3. The number of non-ortho nitro benzene ring substituents is 2. The number of nitrogens with zero attached hydrogens (tertiary/aromatic N) is 4. The molecular formula is C24H17BrN4O8. The van der Waals surface area contributed by atoms with E-state index < -0.39 is 39.7 Å². The molecular weight excluding hydrogens is 552 g/mol. The van der Waals surface area contributed by atoms with E-state index in [1.165, 1.54) is 54.6 Å². The lowest BCUT2D eigenvalue weighted by molar-refractivity contribution is -0.385. The van der Waals surface area contributed by atoms with Crippen molar-refractivity contribution in [3.63, 3.8) is 0 Å². The summed E-state index contributed by atoms with van der Waals surface area (Å²) in [5.41, 5.74) is 0.701. The van der Waals surface area contributed by atoms with Gasteiger partial charge in [0.05, 0.1) is 38.8 Å². The van der Waals surface area contributed by atoms with Crippen molar-refractivity contribution in [3.05, 3.63) is 97.0 Å². The Hall–Kier alpha value is -4.36. The fourth-order valence-electron chi connectivity index (χ4n) is 4.57. The smallest absolute Gasteiger partial charge is 0.271 e. The van der Waals surface area contributed by atoms with E-state index in [9.17, 15) is 29.8 Å². The van der Waals surface area contributed by atoms with Gasteiger partial charge in [-0.1, -0.05) is 12.1 Å². The van der Waals surface area contributed by atoms with Crippen molar-refractivity contribution < 1.29 is 29.0 Å². The average molecular weight is 569 g/mol. The second kappa shape index (κ2) is 9.26. The van der Waals surface area contributed by atoms with E-state index in [0.717, 1.165) is 4.90 Å². The number of hydroxylamine groups is 1. The van der Waals surface area contributed by atoms with E-state index in [4.69, 9.17) is 9.57 Å². The van der Waals surface area contributed by atoms with Crippen molar-refractivity contribution in [1.82, 2.24) is 0 Å². The molecule has 0 aromatic heterocycles. The van der Waals surface area contributed by atoms with E-state index in [2.05, 4.69) is 15.9 Å². The maximum Gasteiger partial charge on any atom is 0.271 e. The van der Waals surface area contributed by atoms with Gasteiger partial charge in [-0.05, 0) is 51.8 Å². The van der Waals surface area contributed by atoms with Crippen LogP contribution in [0.15, 0.2) is 71.2 Å². The first-order valence-electron chi connectivity index (χ1n) is 10.9. The van der Waals surface area contributed by atoms with Gasteiger partial charge in [0.15, 0.2) is 6.10 Å². The summed E-state index contributed by atoms with van der Waals surface area (Å²) in [6.45, 7) is 0. The van der Waals surface area contributed by atoms with Gasteiger partial charge in [-0.3, -0.25) is 34.7 Å². The zero-order valence-corrected chi connectivity index (χ0v) is 20.6. The van der Waals surface area contributed by atoms with Crippen LogP contribution in [0, 0.1) is 26.1 Å². The average Bonchev–Trinajstić information content (AvgIpc) is 3.40. The summed E-state index contributed by atoms with van der Waals surface area (Å²) in [5.74, 6) is -1.66. The second-order valence-electron chi connectivity index (χ2n) is 8.28. The molecule has 0 unspecified atom stereocenters. The van der Waals surface area contributed by atoms with E-state index in [1.54, 1.807) is 24.3 Å². The van der Waals surface area contributed by atoms with Crippen molar-refractivity contribution in [2.75, 3.05) is 17.1 Å². The molecule has 2 saturated heterocycles. The van der Waals surface area contributed by atoms with Crippen LogP contribution < -0.4 is 14.7 Å². The predicted molar refractivity (Wildman–Crippen MR) is 133 cm³/mol. The molecule has 3 atom stereocenters. The Morgan fingerprint density at radius 1 is 0.892 bits per heavy atom. The number of anilines is 2. The summed E-state index contributed by atoms with van der Waals surface area (Å²) >= 11 is 3.44. The zero-order chi connectivity index (χ0) is 26.4. The largest absolute Gasteiger partial charge is 0.496 e. The first-order valence-corrected chi connectivity index (χ1v) is 11.7. The van der Waals surface area contributed by atoms with Gasteiger partial charge >= 0.3 is 0 Å². The van der Waals surface area contributed by atoms with Gasteiger partial charge in [0.2, 0.25) is 5.91 Å². The number of ether oxygens (including phenoxy) is 1.